The Morgan fingerprint density at radius 3 is 2.00 bits per heavy atom. The zero-order valence-electron chi connectivity index (χ0n) is 15.2. The maximum absolute atomic E-state index is 7.26. The molecular formula is C19H36Cl3N. The topological polar surface area (TPSA) is 35.0 Å². The fraction of sp³-hybridized carbons (Fsp3) is 0.895. The molecule has 0 radical (unpaired) electrons. The van der Waals surface area contributed by atoms with E-state index in [0.29, 0.717) is 11.8 Å². The first-order valence-corrected chi connectivity index (χ1v) is 10.4. The Bertz CT molecular complexity index is 348. The zero-order chi connectivity index (χ0) is 16.6. The van der Waals surface area contributed by atoms with Crippen molar-refractivity contribution in [1.29, 1.82) is 0 Å². The molecule has 1 aliphatic rings. The third-order valence-corrected chi connectivity index (χ3v) is 6.86. The minimum Gasteiger partial charge on any atom is -0.344 e. The lowest BCUT2D eigenvalue weighted by Crippen LogP contribution is -2.52. The van der Waals surface area contributed by atoms with Crippen molar-refractivity contribution in [3.8, 4) is 0 Å². The van der Waals surface area contributed by atoms with Gasteiger partial charge in [0.1, 0.15) is 0 Å². The van der Waals surface area contributed by atoms with Gasteiger partial charge in [-0.1, -0.05) is 71.4 Å². The number of rotatable bonds is 10. The molecule has 0 saturated carbocycles. The van der Waals surface area contributed by atoms with E-state index in [1.54, 1.807) is 0 Å². The second-order valence-corrected chi connectivity index (χ2v) is 8.59. The van der Waals surface area contributed by atoms with Gasteiger partial charge in [0, 0.05) is 17.7 Å². The Hall–Kier alpha value is 0.570. The van der Waals surface area contributed by atoms with E-state index in [9.17, 15) is 0 Å². The van der Waals surface area contributed by atoms with Crippen LogP contribution in [-0.4, -0.2) is 15.6 Å². The van der Waals surface area contributed by atoms with Gasteiger partial charge in [-0.3, -0.25) is 0 Å². The highest BCUT2D eigenvalue weighted by Gasteiger charge is 2.52. The van der Waals surface area contributed by atoms with Gasteiger partial charge in [-0.25, -0.2) is 0 Å². The fourth-order valence-electron chi connectivity index (χ4n) is 3.79. The molecule has 4 atom stereocenters. The van der Waals surface area contributed by atoms with Crippen LogP contribution in [0.25, 0.3) is 0 Å². The third-order valence-electron chi connectivity index (χ3n) is 5.22. The first kappa shape index (κ1) is 23.6. The highest BCUT2D eigenvalue weighted by Crippen LogP contribution is 2.54. The molecule has 3 N–H and O–H groups in total. The quantitative estimate of drug-likeness (QED) is 0.303. The summed E-state index contributed by atoms with van der Waals surface area (Å²) < 4.78 is 0. The molecule has 138 valence electrons. The monoisotopic (exact) mass is 383 g/mol. The van der Waals surface area contributed by atoms with Crippen LogP contribution in [0.2, 0.25) is 0 Å². The van der Waals surface area contributed by atoms with E-state index in [1.165, 1.54) is 19.3 Å². The molecule has 0 aromatic carbocycles. The number of unbranched alkanes of at least 4 members (excludes halogenated alkanes) is 3. The van der Waals surface area contributed by atoms with Gasteiger partial charge in [0.25, 0.3) is 0 Å². The van der Waals surface area contributed by atoms with Crippen molar-refractivity contribution in [2.24, 2.45) is 11.8 Å². The Balaban J connectivity index is 0.00000484. The van der Waals surface area contributed by atoms with Crippen LogP contribution in [-0.2, 0) is 0 Å². The summed E-state index contributed by atoms with van der Waals surface area (Å²) in [6.45, 7) is 6.68. The molecule has 1 rings (SSSR count). The standard InChI is InChI=1S/C19H33Cl3.H3N/c1-4-7-10-17-18(21,12-8-5-2)14-11-16(15-20)19(17,22)13-9-6-3;/h11,14,16-17H,4-10,12-13,15H2,1-3H3;1H3. The number of alkyl halides is 3. The van der Waals surface area contributed by atoms with Crippen LogP contribution in [0, 0.1) is 11.8 Å². The van der Waals surface area contributed by atoms with E-state index >= 15 is 0 Å². The van der Waals surface area contributed by atoms with Gasteiger partial charge in [-0.15, -0.1) is 34.8 Å². The van der Waals surface area contributed by atoms with Crippen LogP contribution in [0.4, 0.5) is 0 Å². The van der Waals surface area contributed by atoms with Crippen molar-refractivity contribution in [3.63, 3.8) is 0 Å². The predicted molar refractivity (Wildman–Crippen MR) is 108 cm³/mol. The molecule has 4 heteroatoms. The molecule has 0 aromatic heterocycles. The summed E-state index contributed by atoms with van der Waals surface area (Å²) in [5.74, 6) is 1.14. The lowest BCUT2D eigenvalue weighted by atomic mass is 9.65. The molecule has 0 heterocycles. The summed E-state index contributed by atoms with van der Waals surface area (Å²) >= 11 is 20.7. The molecule has 0 aromatic rings. The van der Waals surface area contributed by atoms with Crippen molar-refractivity contribution < 1.29 is 0 Å². The summed E-state index contributed by atoms with van der Waals surface area (Å²) in [7, 11) is 0. The Labute approximate surface area is 159 Å². The van der Waals surface area contributed by atoms with Gasteiger partial charge < -0.3 is 6.15 Å². The van der Waals surface area contributed by atoms with Gasteiger partial charge in [0.05, 0.1) is 9.75 Å². The van der Waals surface area contributed by atoms with Crippen LogP contribution >= 0.6 is 34.8 Å². The smallest absolute Gasteiger partial charge is 0.0671 e. The van der Waals surface area contributed by atoms with Crippen LogP contribution in [0.1, 0.15) is 78.6 Å². The number of allylic oxidation sites excluding steroid dienone is 2. The van der Waals surface area contributed by atoms with Crippen LogP contribution in [0.3, 0.4) is 0 Å². The number of halogens is 3. The van der Waals surface area contributed by atoms with Crippen LogP contribution < -0.4 is 6.15 Å². The third kappa shape index (κ3) is 5.80. The molecule has 0 bridgehead atoms. The van der Waals surface area contributed by atoms with E-state index in [2.05, 4.69) is 32.9 Å². The summed E-state index contributed by atoms with van der Waals surface area (Å²) in [6, 6.07) is 0. The second kappa shape index (κ2) is 11.2. The van der Waals surface area contributed by atoms with Crippen molar-refractivity contribution in [2.45, 2.75) is 88.3 Å². The maximum Gasteiger partial charge on any atom is 0.0671 e. The van der Waals surface area contributed by atoms with Crippen molar-refractivity contribution in [1.82, 2.24) is 6.15 Å². The minimum absolute atomic E-state index is 0. The van der Waals surface area contributed by atoms with E-state index in [0.717, 1.165) is 38.5 Å². The van der Waals surface area contributed by atoms with Crippen LogP contribution in [0.15, 0.2) is 12.2 Å². The predicted octanol–water partition coefficient (Wildman–Crippen LogP) is 7.72. The van der Waals surface area contributed by atoms with E-state index in [1.807, 2.05) is 0 Å². The lowest BCUT2D eigenvalue weighted by Gasteiger charge is -2.50. The van der Waals surface area contributed by atoms with Gasteiger partial charge in [-0.2, -0.15) is 0 Å². The van der Waals surface area contributed by atoms with Gasteiger partial charge in [0.2, 0.25) is 0 Å². The normalized spacial score (nSPS) is 33.5. The molecule has 4 unspecified atom stereocenters. The molecule has 0 spiro atoms. The zero-order valence-corrected chi connectivity index (χ0v) is 17.5. The number of hydrogen-bond acceptors (Lipinski definition) is 1. The highest BCUT2D eigenvalue weighted by atomic mass is 35.5. The Kier molecular flexibility index (Phi) is 11.5. The maximum atomic E-state index is 7.26. The second-order valence-electron chi connectivity index (χ2n) is 6.88. The molecular weight excluding hydrogens is 349 g/mol. The first-order chi connectivity index (χ1) is 10.5. The summed E-state index contributed by atoms with van der Waals surface area (Å²) in [5.41, 5.74) is 0. The molecule has 1 aliphatic carbocycles. The summed E-state index contributed by atoms with van der Waals surface area (Å²) in [4.78, 5) is -0.569. The van der Waals surface area contributed by atoms with E-state index < -0.39 is 0 Å². The summed E-state index contributed by atoms with van der Waals surface area (Å²) in [6.07, 6.45) is 14.6. The molecule has 0 fully saturated rings. The van der Waals surface area contributed by atoms with Gasteiger partial charge >= 0.3 is 0 Å². The highest BCUT2D eigenvalue weighted by molar-refractivity contribution is 6.29. The van der Waals surface area contributed by atoms with Crippen molar-refractivity contribution in [3.05, 3.63) is 12.2 Å². The largest absolute Gasteiger partial charge is 0.344 e. The molecule has 23 heavy (non-hydrogen) atoms. The van der Waals surface area contributed by atoms with Crippen LogP contribution in [0.5, 0.6) is 0 Å². The average molecular weight is 385 g/mol. The Morgan fingerprint density at radius 2 is 1.48 bits per heavy atom. The van der Waals surface area contributed by atoms with Crippen molar-refractivity contribution in [2.75, 3.05) is 5.88 Å². The Morgan fingerprint density at radius 1 is 0.913 bits per heavy atom. The van der Waals surface area contributed by atoms with E-state index in [-0.39, 0.29) is 21.8 Å². The molecule has 0 saturated heterocycles. The lowest BCUT2D eigenvalue weighted by molar-refractivity contribution is 0.205. The average Bonchev–Trinajstić information content (AvgIpc) is 2.51. The molecule has 1 nitrogen and oxygen atoms in total. The van der Waals surface area contributed by atoms with Crippen molar-refractivity contribution >= 4 is 34.8 Å². The first-order valence-electron chi connectivity index (χ1n) is 9.11. The fourth-order valence-corrected chi connectivity index (χ4v) is 5.40. The minimum atomic E-state index is -0.288. The van der Waals surface area contributed by atoms with Gasteiger partial charge in [0.15, 0.2) is 0 Å². The molecule has 0 aliphatic heterocycles. The number of hydrogen-bond donors (Lipinski definition) is 1. The SMILES string of the molecule is CCCCC1C(Cl)(CCCC)C=CC(CCl)C1(Cl)CCCC.N. The summed E-state index contributed by atoms with van der Waals surface area (Å²) in [5, 5.41) is 0. The van der Waals surface area contributed by atoms with E-state index in [4.69, 9.17) is 34.8 Å². The van der Waals surface area contributed by atoms with Gasteiger partial charge in [-0.05, 0) is 19.3 Å². The molecule has 0 amide bonds.